The normalized spacial score (nSPS) is 18.9. The highest BCUT2D eigenvalue weighted by Gasteiger charge is 2.25. The van der Waals surface area contributed by atoms with Gasteiger partial charge in [0.2, 0.25) is 0 Å². The third kappa shape index (κ3) is 1.54. The van der Waals surface area contributed by atoms with Crippen LogP contribution in [0.5, 0.6) is 5.75 Å². The fraction of sp³-hybridized carbons (Fsp3) is 0.467. The lowest BCUT2D eigenvalue weighted by atomic mass is 9.89. The van der Waals surface area contributed by atoms with Gasteiger partial charge in [-0.25, -0.2) is 0 Å². The summed E-state index contributed by atoms with van der Waals surface area (Å²) < 4.78 is 5.48. The Kier molecular flexibility index (Phi) is 2.78. The second kappa shape index (κ2) is 4.32. The van der Waals surface area contributed by atoms with E-state index in [1.807, 2.05) is 13.1 Å². The Morgan fingerprint density at radius 2 is 2.22 bits per heavy atom. The van der Waals surface area contributed by atoms with Gasteiger partial charge in [-0.05, 0) is 50.4 Å². The van der Waals surface area contributed by atoms with E-state index in [2.05, 4.69) is 23.3 Å². The van der Waals surface area contributed by atoms with Crippen molar-refractivity contribution in [2.45, 2.75) is 32.2 Å². The van der Waals surface area contributed by atoms with E-state index >= 15 is 0 Å². The Bertz CT molecular complexity index is 586. The molecular weight excluding hydrogens is 224 g/mol. The van der Waals surface area contributed by atoms with E-state index in [1.54, 1.807) is 7.11 Å². The average Bonchev–Trinajstić information content (AvgIpc) is 2.79. The molecule has 1 aromatic heterocycles. The average molecular weight is 244 g/mol. The van der Waals surface area contributed by atoms with Crippen LogP contribution in [0.3, 0.4) is 0 Å². The smallest absolute Gasteiger partial charge is 0.142 e. The molecule has 2 N–H and O–H groups in total. The monoisotopic (exact) mass is 244 g/mol. The van der Waals surface area contributed by atoms with Crippen molar-refractivity contribution < 1.29 is 4.74 Å². The molecule has 1 aromatic carbocycles. The van der Waals surface area contributed by atoms with Gasteiger partial charge >= 0.3 is 0 Å². The number of aromatic amines is 1. The van der Waals surface area contributed by atoms with Crippen molar-refractivity contribution in [1.29, 1.82) is 0 Å². The molecule has 3 nitrogen and oxygen atoms in total. The quantitative estimate of drug-likeness (QED) is 0.851. The minimum absolute atomic E-state index is 0.466. The number of hydrogen-bond donors (Lipinski definition) is 2. The minimum atomic E-state index is 0.466. The third-order valence-corrected chi connectivity index (χ3v) is 4.08. The number of nitrogens with one attached hydrogen (secondary N) is 2. The van der Waals surface area contributed by atoms with Crippen molar-refractivity contribution in [2.75, 3.05) is 14.2 Å². The summed E-state index contributed by atoms with van der Waals surface area (Å²) in [6.45, 7) is 2.18. The minimum Gasteiger partial charge on any atom is -0.495 e. The summed E-state index contributed by atoms with van der Waals surface area (Å²) in [5.41, 5.74) is 5.31. The maximum Gasteiger partial charge on any atom is 0.142 e. The van der Waals surface area contributed by atoms with E-state index in [-0.39, 0.29) is 0 Å². The van der Waals surface area contributed by atoms with E-state index in [4.69, 9.17) is 4.74 Å². The first-order valence-electron chi connectivity index (χ1n) is 6.61. The van der Waals surface area contributed by atoms with E-state index in [1.165, 1.54) is 35.0 Å². The predicted octanol–water partition coefficient (Wildman–Crippen LogP) is 3.08. The van der Waals surface area contributed by atoms with Crippen LogP contribution >= 0.6 is 0 Å². The number of benzene rings is 1. The van der Waals surface area contributed by atoms with Crippen LogP contribution in [0, 0.1) is 6.92 Å². The standard InChI is InChI=1S/C15H20N2O/c1-9-7-8-12(18-3)15-13(9)14-10(16-2)5-4-6-11(14)17-15/h7-8,10,16-17H,4-6H2,1-3H3. The van der Waals surface area contributed by atoms with Crippen LogP contribution < -0.4 is 10.1 Å². The number of H-pyrrole nitrogens is 1. The molecule has 0 saturated carbocycles. The van der Waals surface area contributed by atoms with Gasteiger partial charge in [-0.15, -0.1) is 0 Å². The van der Waals surface area contributed by atoms with Crippen molar-refractivity contribution in [3.05, 3.63) is 29.0 Å². The summed E-state index contributed by atoms with van der Waals surface area (Å²) in [5.74, 6) is 0.944. The molecule has 0 bridgehead atoms. The molecule has 1 unspecified atom stereocenters. The zero-order chi connectivity index (χ0) is 12.7. The molecule has 18 heavy (non-hydrogen) atoms. The Morgan fingerprint density at radius 1 is 1.39 bits per heavy atom. The van der Waals surface area contributed by atoms with Crippen LogP contribution in [0.4, 0.5) is 0 Å². The molecular formula is C15H20N2O. The van der Waals surface area contributed by atoms with Crippen LogP contribution in [0.1, 0.15) is 35.7 Å². The van der Waals surface area contributed by atoms with Gasteiger partial charge in [0.05, 0.1) is 12.6 Å². The first-order chi connectivity index (χ1) is 8.76. The van der Waals surface area contributed by atoms with Crippen molar-refractivity contribution in [1.82, 2.24) is 10.3 Å². The van der Waals surface area contributed by atoms with Crippen LogP contribution in [0.15, 0.2) is 12.1 Å². The van der Waals surface area contributed by atoms with Crippen LogP contribution in [-0.2, 0) is 6.42 Å². The third-order valence-electron chi connectivity index (χ3n) is 4.08. The molecule has 0 amide bonds. The lowest BCUT2D eigenvalue weighted by Gasteiger charge is -2.22. The fourth-order valence-electron chi connectivity index (χ4n) is 3.20. The van der Waals surface area contributed by atoms with Crippen LogP contribution in [-0.4, -0.2) is 19.1 Å². The largest absolute Gasteiger partial charge is 0.495 e. The summed E-state index contributed by atoms with van der Waals surface area (Å²) in [6.07, 6.45) is 3.60. The number of hydrogen-bond acceptors (Lipinski definition) is 2. The van der Waals surface area contributed by atoms with Gasteiger partial charge in [-0.2, -0.15) is 0 Å². The fourth-order valence-corrected chi connectivity index (χ4v) is 3.20. The van der Waals surface area contributed by atoms with E-state index in [0.29, 0.717) is 6.04 Å². The summed E-state index contributed by atoms with van der Waals surface area (Å²) in [7, 11) is 3.79. The Labute approximate surface area is 108 Å². The summed E-state index contributed by atoms with van der Waals surface area (Å²) in [4.78, 5) is 3.58. The van der Waals surface area contributed by atoms with E-state index in [9.17, 15) is 0 Å². The maximum atomic E-state index is 5.48. The number of methoxy groups -OCH3 is 1. The zero-order valence-electron chi connectivity index (χ0n) is 11.3. The molecule has 2 aromatic rings. The van der Waals surface area contributed by atoms with Crippen LogP contribution in [0.2, 0.25) is 0 Å². The molecule has 0 aliphatic heterocycles. The Hall–Kier alpha value is -1.48. The highest BCUT2D eigenvalue weighted by atomic mass is 16.5. The summed E-state index contributed by atoms with van der Waals surface area (Å²) >= 11 is 0. The molecule has 1 heterocycles. The Balaban J connectivity index is 2.33. The van der Waals surface area contributed by atoms with E-state index < -0.39 is 0 Å². The first-order valence-corrected chi connectivity index (χ1v) is 6.61. The molecule has 0 spiro atoms. The summed E-state index contributed by atoms with van der Waals surface area (Å²) in [6, 6.07) is 4.67. The lowest BCUT2D eigenvalue weighted by molar-refractivity contribution is 0.419. The predicted molar refractivity (Wildman–Crippen MR) is 74.3 cm³/mol. The second-order valence-electron chi connectivity index (χ2n) is 5.09. The summed E-state index contributed by atoms with van der Waals surface area (Å²) in [5, 5.41) is 4.79. The van der Waals surface area contributed by atoms with Gasteiger partial charge in [0, 0.05) is 17.1 Å². The van der Waals surface area contributed by atoms with Gasteiger partial charge in [-0.3, -0.25) is 0 Å². The molecule has 3 rings (SSSR count). The van der Waals surface area contributed by atoms with Crippen molar-refractivity contribution >= 4 is 10.9 Å². The maximum absolute atomic E-state index is 5.48. The van der Waals surface area contributed by atoms with Gasteiger partial charge in [0.25, 0.3) is 0 Å². The number of rotatable bonds is 2. The van der Waals surface area contributed by atoms with Gasteiger partial charge in [-0.1, -0.05) is 6.07 Å². The van der Waals surface area contributed by atoms with Crippen LogP contribution in [0.25, 0.3) is 10.9 Å². The van der Waals surface area contributed by atoms with Gasteiger partial charge < -0.3 is 15.0 Å². The SMILES string of the molecule is CNC1CCCc2[nH]c3c(OC)ccc(C)c3c21. The second-order valence-corrected chi connectivity index (χ2v) is 5.09. The number of aromatic nitrogens is 1. The highest BCUT2D eigenvalue weighted by Crippen LogP contribution is 2.39. The molecule has 0 radical (unpaired) electrons. The molecule has 96 valence electrons. The molecule has 1 atom stereocenters. The molecule has 1 aliphatic carbocycles. The van der Waals surface area contributed by atoms with Gasteiger partial charge in [0.15, 0.2) is 0 Å². The highest BCUT2D eigenvalue weighted by molar-refractivity contribution is 5.93. The van der Waals surface area contributed by atoms with Gasteiger partial charge in [0.1, 0.15) is 5.75 Å². The van der Waals surface area contributed by atoms with Crippen molar-refractivity contribution in [2.24, 2.45) is 0 Å². The molecule has 0 saturated heterocycles. The number of aryl methyl sites for hydroxylation is 2. The number of fused-ring (bicyclic) bond motifs is 3. The first kappa shape index (κ1) is 11.6. The topological polar surface area (TPSA) is 37.0 Å². The molecule has 0 fully saturated rings. The van der Waals surface area contributed by atoms with Crippen molar-refractivity contribution in [3.8, 4) is 5.75 Å². The molecule has 3 heteroatoms. The van der Waals surface area contributed by atoms with Crippen molar-refractivity contribution in [3.63, 3.8) is 0 Å². The number of ether oxygens (including phenoxy) is 1. The van der Waals surface area contributed by atoms with E-state index in [0.717, 1.165) is 17.7 Å². The molecule has 1 aliphatic rings. The lowest BCUT2D eigenvalue weighted by Crippen LogP contribution is -2.21. The Morgan fingerprint density at radius 3 is 2.94 bits per heavy atom. The zero-order valence-corrected chi connectivity index (χ0v) is 11.3.